The summed E-state index contributed by atoms with van der Waals surface area (Å²) in [5.41, 5.74) is 1.07. The summed E-state index contributed by atoms with van der Waals surface area (Å²) < 4.78 is 0.949. The summed E-state index contributed by atoms with van der Waals surface area (Å²) in [6.07, 6.45) is 1.19. The van der Waals surface area contributed by atoms with Crippen LogP contribution < -0.4 is 5.32 Å². The predicted octanol–water partition coefficient (Wildman–Crippen LogP) is 4.56. The van der Waals surface area contributed by atoms with Crippen molar-refractivity contribution in [1.29, 1.82) is 0 Å². The zero-order valence-corrected chi connectivity index (χ0v) is 10.8. The topological polar surface area (TPSA) is 12.0 Å². The molecule has 0 aliphatic carbocycles. The molecule has 0 aromatic heterocycles. The molecule has 0 aliphatic rings. The fraction of sp³-hybridized carbons (Fsp3) is 0.455. The molecule has 1 aromatic carbocycles. The van der Waals surface area contributed by atoms with E-state index in [0.29, 0.717) is 5.92 Å². The third-order valence-electron chi connectivity index (χ3n) is 2.29. The zero-order chi connectivity index (χ0) is 10.6. The highest BCUT2D eigenvalue weighted by molar-refractivity contribution is 9.10. The molecule has 78 valence electrons. The Morgan fingerprint density at radius 3 is 2.86 bits per heavy atom. The van der Waals surface area contributed by atoms with Crippen LogP contribution in [0, 0.1) is 5.92 Å². The van der Waals surface area contributed by atoms with E-state index in [-0.39, 0.29) is 0 Å². The van der Waals surface area contributed by atoms with E-state index in [1.165, 1.54) is 6.42 Å². The Morgan fingerprint density at radius 2 is 2.21 bits per heavy atom. The van der Waals surface area contributed by atoms with Crippen molar-refractivity contribution in [3.8, 4) is 0 Å². The van der Waals surface area contributed by atoms with Crippen LogP contribution in [0.3, 0.4) is 0 Å². The highest BCUT2D eigenvalue weighted by atomic mass is 79.9. The molecular formula is C11H15BrClN. The van der Waals surface area contributed by atoms with Gasteiger partial charge in [0.25, 0.3) is 0 Å². The summed E-state index contributed by atoms with van der Waals surface area (Å²) in [7, 11) is 0. The first-order valence-corrected chi connectivity index (χ1v) is 6.00. The van der Waals surface area contributed by atoms with Crippen molar-refractivity contribution in [3.63, 3.8) is 0 Å². The quantitative estimate of drug-likeness (QED) is 0.850. The molecule has 0 saturated heterocycles. The van der Waals surface area contributed by atoms with Gasteiger partial charge < -0.3 is 5.32 Å². The predicted molar refractivity (Wildman–Crippen MR) is 67.1 cm³/mol. The van der Waals surface area contributed by atoms with Crippen molar-refractivity contribution in [2.24, 2.45) is 5.92 Å². The molecule has 0 fully saturated rings. The molecule has 1 aromatic rings. The lowest BCUT2D eigenvalue weighted by Gasteiger charge is -2.13. The molecule has 3 heteroatoms. The maximum Gasteiger partial charge on any atom is 0.0593 e. The summed E-state index contributed by atoms with van der Waals surface area (Å²) in [6.45, 7) is 5.40. The van der Waals surface area contributed by atoms with Crippen LogP contribution in [0.1, 0.15) is 20.3 Å². The Bertz CT molecular complexity index is 301. The van der Waals surface area contributed by atoms with Crippen LogP contribution >= 0.6 is 27.5 Å². The summed E-state index contributed by atoms with van der Waals surface area (Å²) in [5, 5.41) is 4.12. The van der Waals surface area contributed by atoms with E-state index in [1.54, 1.807) is 0 Å². The second-order valence-electron chi connectivity index (χ2n) is 3.50. The summed E-state index contributed by atoms with van der Waals surface area (Å²) in [6, 6.07) is 5.85. The van der Waals surface area contributed by atoms with Crippen LogP contribution in [0.5, 0.6) is 0 Å². The van der Waals surface area contributed by atoms with E-state index in [0.717, 1.165) is 21.7 Å². The van der Waals surface area contributed by atoms with E-state index < -0.39 is 0 Å². The summed E-state index contributed by atoms with van der Waals surface area (Å²) in [5.74, 6) is 0.681. The average molecular weight is 277 g/mol. The van der Waals surface area contributed by atoms with Gasteiger partial charge >= 0.3 is 0 Å². The lowest BCUT2D eigenvalue weighted by atomic mass is 10.1. The largest absolute Gasteiger partial charge is 0.384 e. The SMILES string of the molecule is CCC(C)CNc1cccc(Cl)c1Br. The third-order valence-corrected chi connectivity index (χ3v) is 3.69. The van der Waals surface area contributed by atoms with Crippen molar-refractivity contribution < 1.29 is 0 Å². The molecule has 0 amide bonds. The van der Waals surface area contributed by atoms with E-state index >= 15 is 0 Å². The second-order valence-corrected chi connectivity index (χ2v) is 4.70. The minimum absolute atomic E-state index is 0.681. The lowest BCUT2D eigenvalue weighted by Crippen LogP contribution is -2.10. The minimum atomic E-state index is 0.681. The van der Waals surface area contributed by atoms with Crippen LogP contribution in [0.2, 0.25) is 5.02 Å². The van der Waals surface area contributed by atoms with Crippen molar-refractivity contribution >= 4 is 33.2 Å². The van der Waals surface area contributed by atoms with Gasteiger partial charge in [-0.3, -0.25) is 0 Å². The maximum atomic E-state index is 5.98. The standard InChI is InChI=1S/C11H15BrClN/c1-3-8(2)7-14-10-6-4-5-9(13)11(10)12/h4-6,8,14H,3,7H2,1-2H3. The van der Waals surface area contributed by atoms with Crippen molar-refractivity contribution in [2.75, 3.05) is 11.9 Å². The van der Waals surface area contributed by atoms with Crippen LogP contribution in [-0.4, -0.2) is 6.54 Å². The van der Waals surface area contributed by atoms with Gasteiger partial charge in [0.2, 0.25) is 0 Å². The Balaban J connectivity index is 2.63. The molecule has 0 aliphatic heterocycles. The Kier molecular flexibility index (Phi) is 4.76. The zero-order valence-electron chi connectivity index (χ0n) is 8.48. The van der Waals surface area contributed by atoms with Gasteiger partial charge in [-0.15, -0.1) is 0 Å². The maximum absolute atomic E-state index is 5.98. The number of rotatable bonds is 4. The molecule has 0 radical (unpaired) electrons. The number of anilines is 1. The number of hydrogen-bond acceptors (Lipinski definition) is 1. The van der Waals surface area contributed by atoms with E-state index in [9.17, 15) is 0 Å². The average Bonchev–Trinajstić information content (AvgIpc) is 2.20. The van der Waals surface area contributed by atoms with Crippen LogP contribution in [0.4, 0.5) is 5.69 Å². The highest BCUT2D eigenvalue weighted by Crippen LogP contribution is 2.30. The first-order chi connectivity index (χ1) is 6.65. The van der Waals surface area contributed by atoms with Gasteiger partial charge in [0.15, 0.2) is 0 Å². The number of hydrogen-bond donors (Lipinski definition) is 1. The lowest BCUT2D eigenvalue weighted by molar-refractivity contribution is 0.593. The van der Waals surface area contributed by atoms with Gasteiger partial charge in [0.1, 0.15) is 0 Å². The Morgan fingerprint density at radius 1 is 1.50 bits per heavy atom. The van der Waals surface area contributed by atoms with Gasteiger partial charge in [0.05, 0.1) is 9.50 Å². The smallest absolute Gasteiger partial charge is 0.0593 e. The Hall–Kier alpha value is -0.210. The van der Waals surface area contributed by atoms with Gasteiger partial charge in [-0.05, 0) is 34.0 Å². The van der Waals surface area contributed by atoms with E-state index in [1.807, 2.05) is 18.2 Å². The first-order valence-electron chi connectivity index (χ1n) is 4.83. The third kappa shape index (κ3) is 3.18. The minimum Gasteiger partial charge on any atom is -0.384 e. The highest BCUT2D eigenvalue weighted by Gasteiger charge is 2.04. The van der Waals surface area contributed by atoms with E-state index in [2.05, 4.69) is 35.1 Å². The monoisotopic (exact) mass is 275 g/mol. The molecular weight excluding hydrogens is 261 g/mol. The molecule has 0 spiro atoms. The number of halogens is 2. The molecule has 14 heavy (non-hydrogen) atoms. The molecule has 1 nitrogen and oxygen atoms in total. The summed E-state index contributed by atoms with van der Waals surface area (Å²) in [4.78, 5) is 0. The molecule has 1 atom stereocenters. The van der Waals surface area contributed by atoms with Crippen LogP contribution in [0.15, 0.2) is 22.7 Å². The number of benzene rings is 1. The van der Waals surface area contributed by atoms with E-state index in [4.69, 9.17) is 11.6 Å². The molecule has 0 bridgehead atoms. The molecule has 1 rings (SSSR count). The first kappa shape index (κ1) is 11.9. The van der Waals surface area contributed by atoms with Crippen molar-refractivity contribution in [2.45, 2.75) is 20.3 Å². The van der Waals surface area contributed by atoms with Gasteiger partial charge in [0, 0.05) is 12.2 Å². The molecule has 0 heterocycles. The molecule has 1 N–H and O–H groups in total. The van der Waals surface area contributed by atoms with Gasteiger partial charge in [-0.25, -0.2) is 0 Å². The van der Waals surface area contributed by atoms with Crippen LogP contribution in [-0.2, 0) is 0 Å². The summed E-state index contributed by atoms with van der Waals surface area (Å²) >= 11 is 9.43. The van der Waals surface area contributed by atoms with Crippen molar-refractivity contribution in [3.05, 3.63) is 27.7 Å². The Labute approximate surface area is 99.0 Å². The molecule has 0 saturated carbocycles. The fourth-order valence-corrected chi connectivity index (χ4v) is 1.65. The molecule has 1 unspecified atom stereocenters. The van der Waals surface area contributed by atoms with Crippen molar-refractivity contribution in [1.82, 2.24) is 0 Å². The van der Waals surface area contributed by atoms with Crippen LogP contribution in [0.25, 0.3) is 0 Å². The van der Waals surface area contributed by atoms with Gasteiger partial charge in [-0.1, -0.05) is 37.9 Å². The fourth-order valence-electron chi connectivity index (χ4n) is 1.07. The van der Waals surface area contributed by atoms with Gasteiger partial charge in [-0.2, -0.15) is 0 Å². The second kappa shape index (κ2) is 5.62. The normalized spacial score (nSPS) is 12.6. The number of nitrogens with one attached hydrogen (secondary N) is 1.